The van der Waals surface area contributed by atoms with Gasteiger partial charge >= 0.3 is 0 Å². The molecule has 1 heterocycles. The second-order valence-electron chi connectivity index (χ2n) is 7.00. The summed E-state index contributed by atoms with van der Waals surface area (Å²) in [5, 5.41) is 12.4. The zero-order valence-electron chi connectivity index (χ0n) is 15.5. The number of aromatic carboxylic acids is 1. The van der Waals surface area contributed by atoms with Gasteiger partial charge < -0.3 is 14.6 Å². The van der Waals surface area contributed by atoms with Crippen molar-refractivity contribution in [2.24, 2.45) is 5.92 Å². The molecule has 0 N–H and O–H groups in total. The highest BCUT2D eigenvalue weighted by molar-refractivity contribution is 6.04. The van der Waals surface area contributed by atoms with E-state index in [-0.39, 0.29) is 5.56 Å². The van der Waals surface area contributed by atoms with Gasteiger partial charge in [-0.1, -0.05) is 25.5 Å². The number of hydrogen-bond acceptors (Lipinski definition) is 4. The smallest absolute Gasteiger partial charge is 0.119 e. The summed E-state index contributed by atoms with van der Waals surface area (Å²) >= 11 is 0. The Morgan fingerprint density at radius 3 is 2.42 bits per heavy atom. The third kappa shape index (κ3) is 3.54. The fraction of sp³-hybridized carbons (Fsp3) is 0.273. The Kier molecular flexibility index (Phi) is 4.94. The second-order valence-corrected chi connectivity index (χ2v) is 7.00. The van der Waals surface area contributed by atoms with E-state index < -0.39 is 5.97 Å². The van der Waals surface area contributed by atoms with E-state index in [0.717, 1.165) is 16.9 Å². The van der Waals surface area contributed by atoms with Crippen molar-refractivity contribution in [1.82, 2.24) is 4.98 Å². The molecule has 0 saturated carbocycles. The van der Waals surface area contributed by atoms with Crippen molar-refractivity contribution in [3.05, 3.63) is 59.2 Å². The molecule has 0 bridgehead atoms. The van der Waals surface area contributed by atoms with Gasteiger partial charge in [0, 0.05) is 16.5 Å². The molecule has 0 aliphatic heterocycles. The lowest BCUT2D eigenvalue weighted by atomic mass is 9.97. The van der Waals surface area contributed by atoms with Crippen molar-refractivity contribution >= 4 is 16.9 Å². The van der Waals surface area contributed by atoms with Gasteiger partial charge in [0.05, 0.1) is 23.8 Å². The fourth-order valence-electron chi connectivity index (χ4n) is 2.99. The highest BCUT2D eigenvalue weighted by Crippen LogP contribution is 2.31. The number of carbonyl (C=O) groups is 1. The van der Waals surface area contributed by atoms with E-state index >= 15 is 0 Å². The highest BCUT2D eigenvalue weighted by Gasteiger charge is 2.14. The van der Waals surface area contributed by atoms with Crippen LogP contribution in [0.4, 0.5) is 0 Å². The van der Waals surface area contributed by atoms with Crippen LogP contribution < -0.4 is 9.84 Å². The minimum atomic E-state index is -1.18. The lowest BCUT2D eigenvalue weighted by Crippen LogP contribution is -2.24. The Morgan fingerprint density at radius 2 is 1.81 bits per heavy atom. The number of ether oxygens (including phenoxy) is 1. The summed E-state index contributed by atoms with van der Waals surface area (Å²) in [4.78, 5) is 16.5. The van der Waals surface area contributed by atoms with Gasteiger partial charge in [-0.05, 0) is 61.7 Å². The quantitative estimate of drug-likeness (QED) is 0.701. The van der Waals surface area contributed by atoms with Gasteiger partial charge in [-0.3, -0.25) is 0 Å². The molecule has 0 saturated heterocycles. The van der Waals surface area contributed by atoms with Crippen molar-refractivity contribution in [2.75, 3.05) is 6.61 Å². The maximum absolute atomic E-state index is 11.8. The third-order valence-electron chi connectivity index (χ3n) is 4.30. The predicted molar refractivity (Wildman–Crippen MR) is 101 cm³/mol. The van der Waals surface area contributed by atoms with E-state index in [1.54, 1.807) is 6.92 Å². The molecule has 0 amide bonds. The average Bonchev–Trinajstić information content (AvgIpc) is 2.59. The van der Waals surface area contributed by atoms with Crippen LogP contribution in [0, 0.1) is 19.8 Å². The molecule has 2 aromatic carbocycles. The SMILES string of the molecule is Cc1ccc2nc(-c3ccc(OCC(C)C)cc3)c(C)c(C(=O)[O-])c2c1. The second kappa shape index (κ2) is 7.16. The average molecular weight is 348 g/mol. The van der Waals surface area contributed by atoms with Crippen molar-refractivity contribution in [3.63, 3.8) is 0 Å². The van der Waals surface area contributed by atoms with E-state index in [9.17, 15) is 9.90 Å². The Balaban J connectivity index is 2.09. The normalized spacial score (nSPS) is 11.1. The van der Waals surface area contributed by atoms with Gasteiger partial charge in [-0.25, -0.2) is 4.98 Å². The molecule has 0 atom stereocenters. The van der Waals surface area contributed by atoms with Crippen LogP contribution in [-0.4, -0.2) is 17.6 Å². The molecule has 0 fully saturated rings. The van der Waals surface area contributed by atoms with Gasteiger partial charge in [0.15, 0.2) is 0 Å². The van der Waals surface area contributed by atoms with Crippen LogP contribution in [0.15, 0.2) is 42.5 Å². The Bertz CT molecular complexity index is 959. The van der Waals surface area contributed by atoms with Gasteiger partial charge in [0.25, 0.3) is 0 Å². The topological polar surface area (TPSA) is 62.2 Å². The molecule has 3 aromatic rings. The number of hydrogen-bond donors (Lipinski definition) is 0. The first-order valence-electron chi connectivity index (χ1n) is 8.72. The van der Waals surface area contributed by atoms with E-state index in [1.807, 2.05) is 49.4 Å². The number of benzene rings is 2. The standard InChI is InChI=1S/C22H23NO3/c1-13(2)12-26-17-8-6-16(7-9-17)21-15(4)20(22(24)25)18-11-14(3)5-10-19(18)23-21/h5-11,13H,12H2,1-4H3,(H,24,25)/p-1. The first-order chi connectivity index (χ1) is 12.4. The lowest BCUT2D eigenvalue weighted by Gasteiger charge is -2.16. The molecule has 26 heavy (non-hydrogen) atoms. The van der Waals surface area contributed by atoms with Gasteiger partial charge in [0.1, 0.15) is 5.75 Å². The Hall–Kier alpha value is -2.88. The zero-order valence-corrected chi connectivity index (χ0v) is 15.5. The van der Waals surface area contributed by atoms with Gasteiger partial charge in [-0.15, -0.1) is 0 Å². The maximum atomic E-state index is 11.8. The fourth-order valence-corrected chi connectivity index (χ4v) is 2.99. The third-order valence-corrected chi connectivity index (χ3v) is 4.30. The van der Waals surface area contributed by atoms with E-state index in [2.05, 4.69) is 13.8 Å². The first kappa shape index (κ1) is 17.9. The van der Waals surface area contributed by atoms with Crippen LogP contribution in [0.2, 0.25) is 0 Å². The van der Waals surface area contributed by atoms with E-state index in [1.165, 1.54) is 0 Å². The molecule has 0 aliphatic carbocycles. The molecule has 134 valence electrons. The van der Waals surface area contributed by atoms with Crippen molar-refractivity contribution in [2.45, 2.75) is 27.7 Å². The monoisotopic (exact) mass is 348 g/mol. The van der Waals surface area contributed by atoms with Crippen molar-refractivity contribution in [3.8, 4) is 17.0 Å². The van der Waals surface area contributed by atoms with Crippen LogP contribution in [0.1, 0.15) is 35.3 Å². The summed E-state index contributed by atoms with van der Waals surface area (Å²) in [7, 11) is 0. The number of pyridine rings is 1. The first-order valence-corrected chi connectivity index (χ1v) is 8.72. The molecule has 1 aromatic heterocycles. The molecular formula is C22H22NO3-. The molecule has 0 unspecified atom stereocenters. The number of aromatic nitrogens is 1. The van der Waals surface area contributed by atoms with Gasteiger partial charge in [0.2, 0.25) is 0 Å². The molecule has 0 radical (unpaired) electrons. The van der Waals surface area contributed by atoms with Crippen LogP contribution in [0.3, 0.4) is 0 Å². The number of carboxylic acids is 1. The van der Waals surface area contributed by atoms with Gasteiger partial charge in [-0.2, -0.15) is 0 Å². The Morgan fingerprint density at radius 1 is 1.12 bits per heavy atom. The number of rotatable bonds is 5. The molecule has 0 aliphatic rings. The van der Waals surface area contributed by atoms with Crippen LogP contribution in [0.5, 0.6) is 5.75 Å². The highest BCUT2D eigenvalue weighted by atomic mass is 16.5. The summed E-state index contributed by atoms with van der Waals surface area (Å²) in [5.41, 5.74) is 3.95. The predicted octanol–water partition coefficient (Wildman–Crippen LogP) is 3.92. The van der Waals surface area contributed by atoms with Crippen LogP contribution in [-0.2, 0) is 0 Å². The van der Waals surface area contributed by atoms with E-state index in [4.69, 9.17) is 9.72 Å². The Labute approximate surface area is 153 Å². The molecular weight excluding hydrogens is 326 g/mol. The number of carbonyl (C=O) groups excluding carboxylic acids is 1. The largest absolute Gasteiger partial charge is 0.545 e. The van der Waals surface area contributed by atoms with Crippen LogP contribution >= 0.6 is 0 Å². The number of aryl methyl sites for hydroxylation is 1. The summed E-state index contributed by atoms with van der Waals surface area (Å²) in [6, 6.07) is 13.2. The number of carboxylic acid groups (broad SMARTS) is 1. The van der Waals surface area contributed by atoms with Crippen molar-refractivity contribution in [1.29, 1.82) is 0 Å². The minimum Gasteiger partial charge on any atom is -0.545 e. The summed E-state index contributed by atoms with van der Waals surface area (Å²) in [6.07, 6.45) is 0. The summed E-state index contributed by atoms with van der Waals surface area (Å²) in [6.45, 7) is 8.55. The van der Waals surface area contributed by atoms with E-state index in [0.29, 0.717) is 34.7 Å². The summed E-state index contributed by atoms with van der Waals surface area (Å²) < 4.78 is 5.71. The molecule has 4 nitrogen and oxygen atoms in total. The van der Waals surface area contributed by atoms with Crippen LogP contribution in [0.25, 0.3) is 22.2 Å². The molecule has 0 spiro atoms. The lowest BCUT2D eigenvalue weighted by molar-refractivity contribution is -0.254. The molecule has 3 rings (SSSR count). The maximum Gasteiger partial charge on any atom is 0.119 e. The number of fused-ring (bicyclic) bond motifs is 1. The zero-order chi connectivity index (χ0) is 18.8. The van der Waals surface area contributed by atoms with Crippen molar-refractivity contribution < 1.29 is 14.6 Å². The number of nitrogens with zero attached hydrogens (tertiary/aromatic N) is 1. The minimum absolute atomic E-state index is 0.203. The molecule has 4 heteroatoms. The summed E-state index contributed by atoms with van der Waals surface area (Å²) in [5.74, 6) is 0.0587.